The van der Waals surface area contributed by atoms with Gasteiger partial charge in [0.2, 0.25) is 0 Å². The van der Waals surface area contributed by atoms with Crippen LogP contribution in [0.1, 0.15) is 12.6 Å². The van der Waals surface area contributed by atoms with Crippen molar-refractivity contribution in [2.24, 2.45) is 0 Å². The van der Waals surface area contributed by atoms with Gasteiger partial charge in [0.25, 0.3) is 0 Å². The van der Waals surface area contributed by atoms with E-state index in [1.54, 1.807) is 0 Å². The number of aromatic nitrogens is 2. The summed E-state index contributed by atoms with van der Waals surface area (Å²) in [5.41, 5.74) is 4.35. The van der Waals surface area contributed by atoms with Crippen LogP contribution in [0.15, 0.2) is 48.7 Å². The van der Waals surface area contributed by atoms with E-state index < -0.39 is 0 Å². The largest absolute Gasteiger partial charge is 0.313 e. The van der Waals surface area contributed by atoms with Crippen molar-refractivity contribution in [2.75, 3.05) is 0 Å². The second-order valence-electron chi connectivity index (χ2n) is 3.75. The summed E-state index contributed by atoms with van der Waals surface area (Å²) < 4.78 is 2.18. The van der Waals surface area contributed by atoms with Crippen LogP contribution in [-0.4, -0.2) is 9.38 Å². The number of allylic oxidation sites excluding steroid dienone is 1. The van der Waals surface area contributed by atoms with Gasteiger partial charge in [-0.1, -0.05) is 18.2 Å². The Morgan fingerprint density at radius 1 is 1.06 bits per heavy atom. The van der Waals surface area contributed by atoms with E-state index in [0.717, 1.165) is 22.2 Å². The van der Waals surface area contributed by atoms with Crippen molar-refractivity contribution in [3.8, 4) is 0 Å². The molecule has 16 heavy (non-hydrogen) atoms. The maximum absolute atomic E-state index is 4.66. The first-order chi connectivity index (χ1) is 7.90. The molecule has 0 fully saturated rings. The van der Waals surface area contributed by atoms with Crippen molar-refractivity contribution >= 4 is 22.6 Å². The van der Waals surface area contributed by atoms with Crippen LogP contribution in [0.25, 0.3) is 22.6 Å². The fourth-order valence-electron chi connectivity index (χ4n) is 2.03. The lowest BCUT2D eigenvalue weighted by Gasteiger charge is -2.05. The van der Waals surface area contributed by atoms with Gasteiger partial charge in [-0.05, 0) is 37.3 Å². The monoisotopic (exact) mass is 208 g/mol. The van der Waals surface area contributed by atoms with Gasteiger partial charge in [0, 0.05) is 6.20 Å². The Morgan fingerprint density at radius 3 is 2.75 bits per heavy atom. The van der Waals surface area contributed by atoms with E-state index in [1.165, 1.54) is 0 Å². The van der Waals surface area contributed by atoms with Crippen molar-refractivity contribution in [2.45, 2.75) is 6.92 Å². The smallest absolute Gasteiger partial charge is 0.0878 e. The molecule has 0 aliphatic heterocycles. The quantitative estimate of drug-likeness (QED) is 0.598. The number of para-hydroxylation sites is 2. The van der Waals surface area contributed by atoms with Crippen LogP contribution in [0.2, 0.25) is 0 Å². The van der Waals surface area contributed by atoms with Crippen molar-refractivity contribution in [1.82, 2.24) is 9.38 Å². The summed E-state index contributed by atoms with van der Waals surface area (Å²) in [6.45, 7) is 2.01. The van der Waals surface area contributed by atoms with Gasteiger partial charge in [-0.2, -0.15) is 0 Å². The Hall–Kier alpha value is -2.09. The number of rotatable bonds is 1. The first-order valence-electron chi connectivity index (χ1n) is 5.38. The molecule has 3 aromatic rings. The molecule has 3 rings (SSSR count). The Labute approximate surface area is 93.9 Å². The number of nitrogens with zero attached hydrogens (tertiary/aromatic N) is 2. The normalized spacial score (nSPS) is 11.8. The van der Waals surface area contributed by atoms with E-state index in [4.69, 9.17) is 0 Å². The number of hydrogen-bond acceptors (Lipinski definition) is 1. The van der Waals surface area contributed by atoms with E-state index in [-0.39, 0.29) is 0 Å². The van der Waals surface area contributed by atoms with Crippen LogP contribution in [0.3, 0.4) is 0 Å². The highest BCUT2D eigenvalue weighted by Gasteiger charge is 2.04. The summed E-state index contributed by atoms with van der Waals surface area (Å²) in [7, 11) is 0. The zero-order chi connectivity index (χ0) is 11.0. The second kappa shape index (κ2) is 3.49. The topological polar surface area (TPSA) is 17.3 Å². The fraction of sp³-hybridized carbons (Fsp3) is 0.0714. The van der Waals surface area contributed by atoms with Crippen LogP contribution >= 0.6 is 0 Å². The molecule has 2 heterocycles. The summed E-state index contributed by atoms with van der Waals surface area (Å²) >= 11 is 0. The average Bonchev–Trinajstić information content (AvgIpc) is 2.79. The highest BCUT2D eigenvalue weighted by molar-refractivity contribution is 5.82. The highest BCUT2D eigenvalue weighted by Crippen LogP contribution is 2.19. The van der Waals surface area contributed by atoms with Crippen molar-refractivity contribution in [3.05, 3.63) is 54.4 Å². The highest BCUT2D eigenvalue weighted by atomic mass is 14.9. The molecular formula is C14H12N2. The average molecular weight is 208 g/mol. The zero-order valence-electron chi connectivity index (χ0n) is 9.09. The number of hydrogen-bond donors (Lipinski definition) is 0. The van der Waals surface area contributed by atoms with Gasteiger partial charge in [0.1, 0.15) is 0 Å². The molecule has 2 aromatic heterocycles. The SMILES string of the molecule is C/C=C/c1nc2ccccc2n2cccc12. The summed E-state index contributed by atoms with van der Waals surface area (Å²) in [5, 5.41) is 0. The van der Waals surface area contributed by atoms with Gasteiger partial charge in [-0.25, -0.2) is 4.98 Å². The third-order valence-corrected chi connectivity index (χ3v) is 2.72. The van der Waals surface area contributed by atoms with E-state index in [0.29, 0.717) is 0 Å². The van der Waals surface area contributed by atoms with Gasteiger partial charge in [-0.3, -0.25) is 0 Å². The Bertz CT molecular complexity index is 677. The fourth-order valence-corrected chi connectivity index (χ4v) is 2.03. The summed E-state index contributed by atoms with van der Waals surface area (Å²) in [6.07, 6.45) is 6.14. The van der Waals surface area contributed by atoms with Crippen molar-refractivity contribution < 1.29 is 0 Å². The molecule has 78 valence electrons. The lowest BCUT2D eigenvalue weighted by Crippen LogP contribution is -1.93. The summed E-state index contributed by atoms with van der Waals surface area (Å²) in [4.78, 5) is 4.66. The molecule has 2 heteroatoms. The first kappa shape index (κ1) is 9.16. The molecule has 0 saturated carbocycles. The van der Waals surface area contributed by atoms with Gasteiger partial charge in [0.05, 0.1) is 22.2 Å². The Kier molecular flexibility index (Phi) is 2.00. The molecular weight excluding hydrogens is 196 g/mol. The molecule has 1 aromatic carbocycles. The van der Waals surface area contributed by atoms with E-state index >= 15 is 0 Å². The maximum atomic E-state index is 4.66. The minimum Gasteiger partial charge on any atom is -0.313 e. The minimum absolute atomic E-state index is 1.02. The van der Waals surface area contributed by atoms with Crippen molar-refractivity contribution in [1.29, 1.82) is 0 Å². The maximum Gasteiger partial charge on any atom is 0.0878 e. The lowest BCUT2D eigenvalue weighted by molar-refractivity contribution is 1.21. The molecule has 0 saturated heterocycles. The van der Waals surface area contributed by atoms with Crippen LogP contribution in [0, 0.1) is 0 Å². The minimum atomic E-state index is 1.02. The van der Waals surface area contributed by atoms with E-state index in [1.807, 2.05) is 37.3 Å². The first-order valence-corrected chi connectivity index (χ1v) is 5.38. The molecule has 0 radical (unpaired) electrons. The second-order valence-corrected chi connectivity index (χ2v) is 3.75. The Balaban J connectivity index is 2.53. The summed E-state index contributed by atoms with van der Waals surface area (Å²) in [5.74, 6) is 0. The molecule has 0 N–H and O–H groups in total. The van der Waals surface area contributed by atoms with E-state index in [9.17, 15) is 0 Å². The van der Waals surface area contributed by atoms with Gasteiger partial charge >= 0.3 is 0 Å². The van der Waals surface area contributed by atoms with Crippen LogP contribution in [0.5, 0.6) is 0 Å². The predicted octanol–water partition coefficient (Wildman–Crippen LogP) is 3.52. The Morgan fingerprint density at radius 2 is 1.88 bits per heavy atom. The van der Waals surface area contributed by atoms with Gasteiger partial charge < -0.3 is 4.40 Å². The molecule has 0 unspecified atom stereocenters. The molecule has 0 amide bonds. The summed E-state index contributed by atoms with van der Waals surface area (Å²) in [6, 6.07) is 12.3. The molecule has 0 aliphatic rings. The predicted molar refractivity (Wildman–Crippen MR) is 67.4 cm³/mol. The molecule has 0 atom stereocenters. The van der Waals surface area contributed by atoms with Gasteiger partial charge in [0.15, 0.2) is 0 Å². The standard InChI is InChI=1S/C14H12N2/c1-2-6-11-14-9-5-10-16(14)13-8-4-3-7-12(13)15-11/h2-10H,1H3/b6-2+. The zero-order valence-corrected chi connectivity index (χ0v) is 9.09. The lowest BCUT2D eigenvalue weighted by atomic mass is 10.2. The molecule has 0 aliphatic carbocycles. The third kappa shape index (κ3) is 1.23. The number of fused-ring (bicyclic) bond motifs is 3. The molecule has 0 spiro atoms. The van der Waals surface area contributed by atoms with E-state index in [2.05, 4.69) is 33.8 Å². The van der Waals surface area contributed by atoms with Crippen LogP contribution in [0.4, 0.5) is 0 Å². The van der Waals surface area contributed by atoms with Crippen LogP contribution in [-0.2, 0) is 0 Å². The number of benzene rings is 1. The molecule has 0 bridgehead atoms. The van der Waals surface area contributed by atoms with Gasteiger partial charge in [-0.15, -0.1) is 0 Å². The van der Waals surface area contributed by atoms with Crippen molar-refractivity contribution in [3.63, 3.8) is 0 Å². The third-order valence-electron chi connectivity index (χ3n) is 2.72. The molecule has 2 nitrogen and oxygen atoms in total. The van der Waals surface area contributed by atoms with Crippen LogP contribution < -0.4 is 0 Å².